The van der Waals surface area contributed by atoms with Crippen LogP contribution in [0.5, 0.6) is 0 Å². The van der Waals surface area contributed by atoms with Crippen molar-refractivity contribution in [2.75, 3.05) is 5.32 Å². The van der Waals surface area contributed by atoms with E-state index in [0.29, 0.717) is 17.8 Å². The molecule has 0 fully saturated rings. The van der Waals surface area contributed by atoms with E-state index < -0.39 is 11.7 Å². The Morgan fingerprint density at radius 3 is 2.58 bits per heavy atom. The third kappa shape index (κ3) is 5.72. The van der Waals surface area contributed by atoms with Gasteiger partial charge in [-0.2, -0.15) is 0 Å². The fourth-order valence-corrected chi connectivity index (χ4v) is 1.94. The lowest BCUT2D eigenvalue weighted by Crippen LogP contribution is -2.27. The minimum Gasteiger partial charge on any atom is -0.444 e. The number of amides is 2. The number of carbonyl (C=O) groups excluding carboxylic acids is 2. The van der Waals surface area contributed by atoms with Gasteiger partial charge in [0, 0.05) is 17.4 Å². The highest BCUT2D eigenvalue weighted by Gasteiger charge is 2.16. The number of benzene rings is 1. The van der Waals surface area contributed by atoms with Gasteiger partial charge in [0.1, 0.15) is 5.60 Å². The minimum absolute atomic E-state index is 0.242. The molecule has 2 aromatic rings. The predicted octanol–water partition coefficient (Wildman–Crippen LogP) is 3.36. The molecule has 0 unspecified atom stereocenters. The van der Waals surface area contributed by atoms with E-state index in [1.807, 2.05) is 18.2 Å². The van der Waals surface area contributed by atoms with E-state index >= 15 is 0 Å². The molecule has 6 nitrogen and oxygen atoms in total. The van der Waals surface area contributed by atoms with Gasteiger partial charge >= 0.3 is 6.09 Å². The van der Waals surface area contributed by atoms with Gasteiger partial charge in [0.15, 0.2) is 0 Å². The Labute approximate surface area is 141 Å². The second-order valence-corrected chi connectivity index (χ2v) is 6.21. The predicted molar refractivity (Wildman–Crippen MR) is 91.7 cm³/mol. The van der Waals surface area contributed by atoms with Crippen molar-refractivity contribution in [2.24, 2.45) is 0 Å². The van der Waals surface area contributed by atoms with Gasteiger partial charge < -0.3 is 10.1 Å². The number of carbonyl (C=O) groups is 2. The van der Waals surface area contributed by atoms with E-state index in [0.717, 1.165) is 5.69 Å². The van der Waals surface area contributed by atoms with Crippen LogP contribution in [0.3, 0.4) is 0 Å². The SMILES string of the molecule is CC(C)(C)OC(=O)Nc1cccc(C(=O)NCc2ccccn2)c1. The van der Waals surface area contributed by atoms with Crippen LogP contribution in [0.2, 0.25) is 0 Å². The van der Waals surface area contributed by atoms with Crippen molar-refractivity contribution in [3.05, 3.63) is 59.9 Å². The third-order valence-corrected chi connectivity index (χ3v) is 2.93. The summed E-state index contributed by atoms with van der Waals surface area (Å²) in [5, 5.41) is 5.40. The molecule has 126 valence electrons. The quantitative estimate of drug-likeness (QED) is 0.902. The number of ether oxygens (including phenoxy) is 1. The smallest absolute Gasteiger partial charge is 0.412 e. The van der Waals surface area contributed by atoms with Crippen LogP contribution in [0.15, 0.2) is 48.7 Å². The Hall–Kier alpha value is -2.89. The molecule has 0 radical (unpaired) electrons. The molecule has 24 heavy (non-hydrogen) atoms. The van der Waals surface area contributed by atoms with Crippen molar-refractivity contribution in [3.63, 3.8) is 0 Å². The Bertz CT molecular complexity index is 709. The highest BCUT2D eigenvalue weighted by molar-refractivity contribution is 5.96. The lowest BCUT2D eigenvalue weighted by atomic mass is 10.2. The molecular formula is C18H21N3O3. The highest BCUT2D eigenvalue weighted by Crippen LogP contribution is 2.13. The number of nitrogens with zero attached hydrogens (tertiary/aromatic N) is 1. The molecule has 0 atom stereocenters. The molecule has 2 rings (SSSR count). The maximum absolute atomic E-state index is 12.2. The Kier molecular flexibility index (Phi) is 5.52. The molecule has 0 saturated carbocycles. The van der Waals surface area contributed by atoms with Crippen LogP contribution in [0.4, 0.5) is 10.5 Å². The summed E-state index contributed by atoms with van der Waals surface area (Å²) in [4.78, 5) is 28.1. The van der Waals surface area contributed by atoms with Crippen LogP contribution in [0, 0.1) is 0 Å². The molecule has 1 heterocycles. The molecule has 0 spiro atoms. The second kappa shape index (κ2) is 7.59. The molecule has 1 aromatic carbocycles. The molecule has 2 N–H and O–H groups in total. The minimum atomic E-state index is -0.582. The number of pyridine rings is 1. The number of hydrogen-bond acceptors (Lipinski definition) is 4. The fraction of sp³-hybridized carbons (Fsp3) is 0.278. The largest absolute Gasteiger partial charge is 0.444 e. The van der Waals surface area contributed by atoms with Crippen LogP contribution < -0.4 is 10.6 Å². The summed E-state index contributed by atoms with van der Waals surface area (Å²) in [6, 6.07) is 12.2. The first-order valence-corrected chi connectivity index (χ1v) is 7.62. The van der Waals surface area contributed by atoms with Gasteiger partial charge in [-0.3, -0.25) is 15.1 Å². The summed E-state index contributed by atoms with van der Waals surface area (Å²) >= 11 is 0. The average Bonchev–Trinajstić information content (AvgIpc) is 2.52. The van der Waals surface area contributed by atoms with Gasteiger partial charge in [-0.15, -0.1) is 0 Å². The lowest BCUT2D eigenvalue weighted by molar-refractivity contribution is 0.0635. The third-order valence-electron chi connectivity index (χ3n) is 2.93. The molecular weight excluding hydrogens is 306 g/mol. The summed E-state index contributed by atoms with van der Waals surface area (Å²) in [6.45, 7) is 5.69. The van der Waals surface area contributed by atoms with E-state index in [-0.39, 0.29) is 5.91 Å². The van der Waals surface area contributed by atoms with Crippen molar-refractivity contribution >= 4 is 17.7 Å². The van der Waals surface area contributed by atoms with Crippen LogP contribution in [0.25, 0.3) is 0 Å². The summed E-state index contributed by atoms with van der Waals surface area (Å²) in [6.07, 6.45) is 1.11. The number of hydrogen-bond donors (Lipinski definition) is 2. The number of rotatable bonds is 4. The molecule has 0 aliphatic heterocycles. The standard InChI is InChI=1S/C18H21N3O3/c1-18(2,3)24-17(23)21-14-9-6-7-13(11-14)16(22)20-12-15-8-4-5-10-19-15/h4-11H,12H2,1-3H3,(H,20,22)(H,21,23). The fourth-order valence-electron chi connectivity index (χ4n) is 1.94. The van der Waals surface area contributed by atoms with Gasteiger partial charge in [-0.05, 0) is 51.1 Å². The zero-order valence-electron chi connectivity index (χ0n) is 14.0. The maximum Gasteiger partial charge on any atom is 0.412 e. The summed E-state index contributed by atoms with van der Waals surface area (Å²) in [5.41, 5.74) is 1.13. The van der Waals surface area contributed by atoms with E-state index in [1.165, 1.54) is 0 Å². The van der Waals surface area contributed by atoms with E-state index in [9.17, 15) is 9.59 Å². The Morgan fingerprint density at radius 2 is 1.92 bits per heavy atom. The molecule has 0 saturated heterocycles. The topological polar surface area (TPSA) is 80.3 Å². The van der Waals surface area contributed by atoms with Gasteiger partial charge in [0.2, 0.25) is 0 Å². The second-order valence-electron chi connectivity index (χ2n) is 6.21. The first kappa shape index (κ1) is 17.5. The monoisotopic (exact) mass is 327 g/mol. The zero-order chi connectivity index (χ0) is 17.6. The van der Waals surface area contributed by atoms with Crippen molar-refractivity contribution in [2.45, 2.75) is 32.9 Å². The van der Waals surface area contributed by atoms with Crippen molar-refractivity contribution in [1.82, 2.24) is 10.3 Å². The molecule has 2 amide bonds. The Balaban J connectivity index is 1.96. The van der Waals surface area contributed by atoms with E-state index in [1.54, 1.807) is 51.2 Å². The van der Waals surface area contributed by atoms with Crippen molar-refractivity contribution < 1.29 is 14.3 Å². The molecule has 0 aliphatic rings. The van der Waals surface area contributed by atoms with Crippen molar-refractivity contribution in [1.29, 1.82) is 0 Å². The van der Waals surface area contributed by atoms with Gasteiger partial charge in [-0.1, -0.05) is 12.1 Å². The van der Waals surface area contributed by atoms with E-state index in [2.05, 4.69) is 15.6 Å². The normalized spacial score (nSPS) is 10.8. The highest BCUT2D eigenvalue weighted by atomic mass is 16.6. The maximum atomic E-state index is 12.2. The number of nitrogens with one attached hydrogen (secondary N) is 2. The average molecular weight is 327 g/mol. The van der Waals surface area contributed by atoms with E-state index in [4.69, 9.17) is 4.74 Å². The Morgan fingerprint density at radius 1 is 1.12 bits per heavy atom. The molecule has 1 aromatic heterocycles. The summed E-state index contributed by atoms with van der Waals surface area (Å²) in [5.74, 6) is -0.242. The first-order chi connectivity index (χ1) is 11.3. The number of aromatic nitrogens is 1. The molecule has 6 heteroatoms. The van der Waals surface area contributed by atoms with Gasteiger partial charge in [-0.25, -0.2) is 4.79 Å². The van der Waals surface area contributed by atoms with Crippen LogP contribution in [-0.4, -0.2) is 22.6 Å². The van der Waals surface area contributed by atoms with Crippen LogP contribution in [-0.2, 0) is 11.3 Å². The van der Waals surface area contributed by atoms with Crippen molar-refractivity contribution in [3.8, 4) is 0 Å². The van der Waals surface area contributed by atoms with Crippen LogP contribution in [0.1, 0.15) is 36.8 Å². The van der Waals surface area contributed by atoms with Gasteiger partial charge in [0.25, 0.3) is 5.91 Å². The molecule has 0 bridgehead atoms. The summed E-state index contributed by atoms with van der Waals surface area (Å²) in [7, 11) is 0. The number of anilines is 1. The molecule has 0 aliphatic carbocycles. The first-order valence-electron chi connectivity index (χ1n) is 7.62. The van der Waals surface area contributed by atoms with Crippen LogP contribution >= 0.6 is 0 Å². The summed E-state index contributed by atoms with van der Waals surface area (Å²) < 4.78 is 5.19. The zero-order valence-corrected chi connectivity index (χ0v) is 14.0. The van der Waals surface area contributed by atoms with Gasteiger partial charge in [0.05, 0.1) is 12.2 Å². The lowest BCUT2D eigenvalue weighted by Gasteiger charge is -2.19.